The number of allylic oxidation sites excluding steroid dienone is 2. The smallest absolute Gasteiger partial charge is 0.305 e. The number of benzene rings is 1. The third-order valence-electron chi connectivity index (χ3n) is 6.29. The summed E-state index contributed by atoms with van der Waals surface area (Å²) < 4.78 is 11.1. The first-order valence-electron chi connectivity index (χ1n) is 11.0. The molecule has 0 N–H and O–H groups in total. The number of hydrogen-bond acceptors (Lipinski definition) is 4. The molecule has 0 bridgehead atoms. The molecule has 7 heteroatoms. The molecule has 0 fully saturated rings. The van der Waals surface area contributed by atoms with Crippen molar-refractivity contribution in [2.45, 2.75) is 57.8 Å². The van der Waals surface area contributed by atoms with E-state index in [9.17, 15) is 4.79 Å². The highest BCUT2D eigenvalue weighted by Gasteiger charge is 2.46. The van der Waals surface area contributed by atoms with E-state index in [0.717, 1.165) is 32.2 Å². The molecule has 174 valence electrons. The van der Waals surface area contributed by atoms with Crippen LogP contribution in [0.2, 0.25) is 10.0 Å². The Hall–Kier alpha value is -0.940. The molecule has 1 aromatic carbocycles. The van der Waals surface area contributed by atoms with Crippen molar-refractivity contribution in [2.24, 2.45) is 5.41 Å². The van der Waals surface area contributed by atoms with Crippen LogP contribution in [0.25, 0.3) is 0 Å². The largest absolute Gasteiger partial charge is 0.488 e. The van der Waals surface area contributed by atoms with Crippen molar-refractivity contribution < 1.29 is 14.3 Å². The predicted octanol–water partition coefficient (Wildman–Crippen LogP) is 6.46. The fraction of sp³-hybridized carbons (Fsp3) is 0.625. The Kier molecular flexibility index (Phi) is 10.0. The van der Waals surface area contributed by atoms with E-state index in [2.05, 4.69) is 19.1 Å². The Morgan fingerprint density at radius 3 is 2.74 bits per heavy atom. The van der Waals surface area contributed by atoms with Crippen LogP contribution in [-0.2, 0) is 16.0 Å². The van der Waals surface area contributed by atoms with Crippen molar-refractivity contribution in [3.8, 4) is 5.75 Å². The van der Waals surface area contributed by atoms with Crippen LogP contribution in [0.1, 0.15) is 62.5 Å². The minimum absolute atomic E-state index is 0. The van der Waals surface area contributed by atoms with Crippen molar-refractivity contribution >= 4 is 41.6 Å². The van der Waals surface area contributed by atoms with Gasteiger partial charge in [-0.2, -0.15) is 0 Å². The highest BCUT2D eigenvalue weighted by molar-refractivity contribution is 6.43. The molecule has 0 spiro atoms. The van der Waals surface area contributed by atoms with Crippen LogP contribution in [0.3, 0.4) is 0 Å². The Morgan fingerprint density at radius 2 is 2.03 bits per heavy atom. The number of ether oxygens (including phenoxy) is 2. The summed E-state index contributed by atoms with van der Waals surface area (Å²) in [6.45, 7) is 3.58. The van der Waals surface area contributed by atoms with Crippen LogP contribution in [0.5, 0.6) is 5.75 Å². The maximum Gasteiger partial charge on any atom is 0.305 e. The van der Waals surface area contributed by atoms with E-state index in [0.29, 0.717) is 28.1 Å². The average Bonchev–Trinajstić information content (AvgIpc) is 3.02. The summed E-state index contributed by atoms with van der Waals surface area (Å²) in [5.74, 6) is 0.720. The van der Waals surface area contributed by atoms with E-state index in [1.54, 1.807) is 0 Å². The van der Waals surface area contributed by atoms with Crippen molar-refractivity contribution in [3.05, 3.63) is 39.4 Å². The zero-order valence-corrected chi connectivity index (χ0v) is 21.0. The Balaban J connectivity index is 0.00000341. The molecule has 0 radical (unpaired) electrons. The van der Waals surface area contributed by atoms with Crippen LogP contribution >= 0.6 is 35.6 Å². The van der Waals surface area contributed by atoms with Gasteiger partial charge in [-0.05, 0) is 75.4 Å². The molecule has 0 saturated heterocycles. The van der Waals surface area contributed by atoms with Gasteiger partial charge in [-0.15, -0.1) is 12.4 Å². The number of carbonyl (C=O) groups is 1. The van der Waals surface area contributed by atoms with E-state index in [1.807, 2.05) is 25.1 Å². The van der Waals surface area contributed by atoms with Gasteiger partial charge in [0.25, 0.3) is 0 Å². The molecule has 0 heterocycles. The van der Waals surface area contributed by atoms with Crippen LogP contribution < -0.4 is 4.74 Å². The maximum absolute atomic E-state index is 11.8. The second-order valence-electron chi connectivity index (χ2n) is 8.78. The topological polar surface area (TPSA) is 38.8 Å². The normalized spacial score (nSPS) is 21.4. The molecule has 31 heavy (non-hydrogen) atoms. The molecule has 2 atom stereocenters. The first-order valence-corrected chi connectivity index (χ1v) is 11.7. The van der Waals surface area contributed by atoms with Gasteiger partial charge >= 0.3 is 5.97 Å². The minimum Gasteiger partial charge on any atom is -0.488 e. The van der Waals surface area contributed by atoms with Crippen molar-refractivity contribution in [1.29, 1.82) is 0 Å². The van der Waals surface area contributed by atoms with Gasteiger partial charge in [-0.25, -0.2) is 0 Å². The van der Waals surface area contributed by atoms with Gasteiger partial charge in [-0.3, -0.25) is 4.79 Å². The number of carbonyl (C=O) groups excluding carboxylic acids is 1. The van der Waals surface area contributed by atoms with Gasteiger partial charge in [0, 0.05) is 12.3 Å². The second kappa shape index (κ2) is 11.8. The molecule has 3 rings (SSSR count). The van der Waals surface area contributed by atoms with Gasteiger partial charge in [0.2, 0.25) is 0 Å². The van der Waals surface area contributed by atoms with Gasteiger partial charge in [0.05, 0.1) is 5.02 Å². The number of rotatable bonds is 10. The second-order valence-corrected chi connectivity index (χ2v) is 9.54. The van der Waals surface area contributed by atoms with E-state index in [1.165, 1.54) is 24.0 Å². The van der Waals surface area contributed by atoms with E-state index < -0.39 is 0 Å². The maximum atomic E-state index is 11.8. The quantitative estimate of drug-likeness (QED) is 0.214. The van der Waals surface area contributed by atoms with Crippen molar-refractivity contribution in [3.63, 3.8) is 0 Å². The lowest BCUT2D eigenvalue weighted by molar-refractivity contribution is -0.144. The first kappa shape index (κ1) is 26.3. The highest BCUT2D eigenvalue weighted by Crippen LogP contribution is 2.59. The fourth-order valence-electron chi connectivity index (χ4n) is 4.98. The Morgan fingerprint density at radius 1 is 1.26 bits per heavy atom. The van der Waals surface area contributed by atoms with Crippen molar-refractivity contribution in [2.75, 3.05) is 33.9 Å². The lowest BCUT2D eigenvalue weighted by atomic mass is 9.67. The minimum atomic E-state index is -0.198. The lowest BCUT2D eigenvalue weighted by Crippen LogP contribution is -2.27. The summed E-state index contributed by atoms with van der Waals surface area (Å²) in [6.07, 6.45) is 11.5. The third kappa shape index (κ3) is 6.10. The zero-order valence-electron chi connectivity index (χ0n) is 18.7. The average molecular weight is 491 g/mol. The summed E-state index contributed by atoms with van der Waals surface area (Å²) in [5, 5.41) is 1.07. The van der Waals surface area contributed by atoms with Crippen LogP contribution in [0.4, 0.5) is 0 Å². The molecular formula is C24H34Cl3NO3. The summed E-state index contributed by atoms with van der Waals surface area (Å²) in [4.78, 5) is 13.8. The fourth-order valence-corrected chi connectivity index (χ4v) is 5.53. The number of halogens is 3. The number of nitrogens with zero attached hydrogens (tertiary/aromatic N) is 1. The van der Waals surface area contributed by atoms with E-state index >= 15 is 0 Å². The third-order valence-corrected chi connectivity index (χ3v) is 7.15. The molecule has 0 saturated carbocycles. The van der Waals surface area contributed by atoms with E-state index in [-0.39, 0.29) is 37.0 Å². The van der Waals surface area contributed by atoms with Gasteiger partial charge in [-0.1, -0.05) is 48.7 Å². The molecule has 4 nitrogen and oxygen atoms in total. The standard InChI is InChI=1S/C24H33Cl2NO3.ClH/c1-4-10-24-11-6-5-8-18(24)21-17(16-24)15-19(22(25)23(21)26)29-13-14-30-20(28)9-7-12-27(2)3;/h5,8,15,18H,4,6-7,9-14,16H2,1-3H3;1H/t18?,24-;/m1./s1. The SMILES string of the molecule is CCC[C@]12CCC=CC1c1c(cc(OCCOC(=O)CCCN(C)C)c(Cl)c1Cl)C2.Cl. The molecule has 0 amide bonds. The van der Waals surface area contributed by atoms with Crippen molar-refractivity contribution in [1.82, 2.24) is 4.90 Å². The number of hydrogen-bond donors (Lipinski definition) is 0. The molecule has 2 aliphatic carbocycles. The lowest BCUT2D eigenvalue weighted by Gasteiger charge is -2.37. The molecule has 0 aromatic heterocycles. The zero-order chi connectivity index (χ0) is 21.7. The summed E-state index contributed by atoms with van der Waals surface area (Å²) in [7, 11) is 3.97. The number of fused-ring (bicyclic) bond motifs is 3. The molecular weight excluding hydrogens is 457 g/mol. The number of esters is 1. The molecule has 1 unspecified atom stereocenters. The van der Waals surface area contributed by atoms with Gasteiger partial charge < -0.3 is 14.4 Å². The Bertz CT molecular complexity index is 797. The monoisotopic (exact) mass is 489 g/mol. The predicted molar refractivity (Wildman–Crippen MR) is 130 cm³/mol. The summed E-state index contributed by atoms with van der Waals surface area (Å²) in [5.41, 5.74) is 2.66. The van der Waals surface area contributed by atoms with Crippen LogP contribution in [0.15, 0.2) is 18.2 Å². The molecule has 1 aromatic rings. The summed E-state index contributed by atoms with van der Waals surface area (Å²) >= 11 is 13.3. The molecule has 0 aliphatic heterocycles. The summed E-state index contributed by atoms with van der Waals surface area (Å²) in [6, 6.07) is 2.05. The van der Waals surface area contributed by atoms with Crippen LogP contribution in [-0.4, -0.2) is 44.7 Å². The first-order chi connectivity index (χ1) is 14.4. The van der Waals surface area contributed by atoms with Crippen LogP contribution in [0, 0.1) is 5.41 Å². The van der Waals surface area contributed by atoms with Gasteiger partial charge in [0.1, 0.15) is 24.0 Å². The molecule has 2 aliphatic rings. The van der Waals surface area contributed by atoms with Gasteiger partial charge in [0.15, 0.2) is 0 Å². The van der Waals surface area contributed by atoms with E-state index in [4.69, 9.17) is 32.7 Å². The highest BCUT2D eigenvalue weighted by atomic mass is 35.5. The Labute approximate surface area is 202 Å².